The van der Waals surface area contributed by atoms with Crippen LogP contribution in [0.5, 0.6) is 0 Å². The van der Waals surface area contributed by atoms with Crippen molar-refractivity contribution in [2.75, 3.05) is 6.54 Å². The van der Waals surface area contributed by atoms with Gasteiger partial charge in [-0.2, -0.15) is 8.42 Å². The van der Waals surface area contributed by atoms with Gasteiger partial charge in [0, 0.05) is 24.0 Å². The van der Waals surface area contributed by atoms with Crippen molar-refractivity contribution in [2.45, 2.75) is 18.2 Å². The first kappa shape index (κ1) is 14.7. The fourth-order valence-corrected chi connectivity index (χ4v) is 3.09. The zero-order valence-corrected chi connectivity index (χ0v) is 12.8. The highest BCUT2D eigenvalue weighted by molar-refractivity contribution is 9.10. The third kappa shape index (κ3) is 3.46. The van der Waals surface area contributed by atoms with Gasteiger partial charge in [0.1, 0.15) is 5.25 Å². The molecule has 1 saturated heterocycles. The summed E-state index contributed by atoms with van der Waals surface area (Å²) in [6.45, 7) is 0.100. The summed E-state index contributed by atoms with van der Waals surface area (Å²) in [5, 5.41) is -0.760. The minimum Gasteiger partial charge on any atom is -0.337 e. The van der Waals surface area contributed by atoms with Gasteiger partial charge in [-0.25, -0.2) is 0 Å². The van der Waals surface area contributed by atoms with Crippen LogP contribution in [0, 0.1) is 0 Å². The molecule has 2 rings (SSSR count). The fraction of sp³-hybridized carbons (Fsp3) is 0.364. The minimum atomic E-state index is -4.67. The van der Waals surface area contributed by atoms with Gasteiger partial charge in [0.15, 0.2) is 0 Å². The van der Waals surface area contributed by atoms with Crippen molar-refractivity contribution in [3.8, 4) is 0 Å². The van der Waals surface area contributed by atoms with E-state index in [1.165, 1.54) is 4.90 Å². The van der Waals surface area contributed by atoms with Gasteiger partial charge in [0.25, 0.3) is 0 Å². The number of amides is 1. The van der Waals surface area contributed by atoms with E-state index in [0.717, 1.165) is 10.0 Å². The summed E-state index contributed by atoms with van der Waals surface area (Å²) < 4.78 is 35.2. The number of hydrogen-bond acceptors (Lipinski definition) is 3. The predicted molar refractivity (Wildman–Crippen MR) is 73.0 cm³/mol. The van der Waals surface area contributed by atoms with Gasteiger partial charge >= 0.3 is 10.2 Å². The molecule has 1 unspecified atom stereocenters. The van der Waals surface area contributed by atoms with Crippen molar-refractivity contribution in [3.63, 3.8) is 0 Å². The minimum absolute atomic E-state index is 0.120. The van der Waals surface area contributed by atoms with E-state index >= 15 is 0 Å². The van der Waals surface area contributed by atoms with Crippen LogP contribution in [0.25, 0.3) is 0 Å². The number of likely N-dealkylation sites (tertiary alicyclic amines) is 1. The third-order valence-electron chi connectivity index (χ3n) is 2.93. The van der Waals surface area contributed by atoms with Crippen LogP contribution in [0.3, 0.4) is 0 Å². The van der Waals surface area contributed by atoms with Crippen LogP contribution in [0.1, 0.15) is 12.0 Å². The molecule has 4 nitrogen and oxygen atoms in total. The number of rotatable bonds is 3. The van der Waals surface area contributed by atoms with Crippen LogP contribution in [-0.4, -0.2) is 31.0 Å². The van der Waals surface area contributed by atoms with Crippen LogP contribution < -0.4 is 0 Å². The summed E-state index contributed by atoms with van der Waals surface area (Å²) >= 11 is 9.18. The number of carbonyl (C=O) groups excluding carboxylic acids is 1. The number of benzene rings is 1. The molecule has 0 saturated carbocycles. The van der Waals surface area contributed by atoms with Crippen LogP contribution in [-0.2, 0) is 21.6 Å². The molecule has 1 heterocycles. The highest BCUT2D eigenvalue weighted by atomic mass is 79.9. The summed E-state index contributed by atoms with van der Waals surface area (Å²) in [4.78, 5) is 13.0. The lowest BCUT2D eigenvalue weighted by Crippen LogP contribution is -2.26. The molecule has 8 heteroatoms. The van der Waals surface area contributed by atoms with E-state index in [1.54, 1.807) is 18.2 Å². The highest BCUT2D eigenvalue weighted by Gasteiger charge is 2.38. The van der Waals surface area contributed by atoms with E-state index < -0.39 is 15.5 Å². The third-order valence-corrected chi connectivity index (χ3v) is 5.28. The van der Waals surface area contributed by atoms with E-state index in [4.69, 9.17) is 11.6 Å². The molecule has 1 aromatic carbocycles. The Bertz CT molecular complexity index is 622. The largest absolute Gasteiger partial charge is 0.337 e. The monoisotopic (exact) mass is 369 g/mol. The molecule has 19 heavy (non-hydrogen) atoms. The number of carbonyl (C=O) groups is 1. The lowest BCUT2D eigenvalue weighted by Gasteiger charge is -2.16. The standard InChI is InChI=1S/C11H10BrClFNO3S/c12-9-2-1-7(3-10(9)13)5-15-6-8(4-11(15)16)19(14,17)18/h1-3,8H,4-6H2. The Balaban J connectivity index is 2.12. The van der Waals surface area contributed by atoms with Gasteiger partial charge in [-0.15, -0.1) is 3.89 Å². The summed E-state index contributed by atoms with van der Waals surface area (Å²) in [5.41, 5.74) is 0.762. The molecule has 1 fully saturated rings. The summed E-state index contributed by atoms with van der Waals surface area (Å²) in [7, 11) is -4.67. The van der Waals surface area contributed by atoms with Crippen molar-refractivity contribution in [2.24, 2.45) is 0 Å². The second-order valence-electron chi connectivity index (χ2n) is 4.32. The van der Waals surface area contributed by atoms with Gasteiger partial charge in [0.2, 0.25) is 5.91 Å². The van der Waals surface area contributed by atoms with E-state index in [-0.39, 0.29) is 25.4 Å². The van der Waals surface area contributed by atoms with Crippen molar-refractivity contribution < 1.29 is 17.1 Å². The van der Waals surface area contributed by atoms with Crippen molar-refractivity contribution in [3.05, 3.63) is 33.3 Å². The molecular formula is C11H10BrClFNO3S. The maximum absolute atomic E-state index is 12.9. The molecule has 104 valence electrons. The van der Waals surface area contributed by atoms with Crippen LogP contribution in [0.15, 0.2) is 22.7 Å². The Hall–Kier alpha value is -0.660. The Kier molecular flexibility index (Phi) is 4.17. The maximum Gasteiger partial charge on any atom is 0.307 e. The van der Waals surface area contributed by atoms with Gasteiger partial charge in [0.05, 0.1) is 5.02 Å². The van der Waals surface area contributed by atoms with Crippen molar-refractivity contribution in [1.82, 2.24) is 4.90 Å². The van der Waals surface area contributed by atoms with E-state index in [2.05, 4.69) is 15.9 Å². The topological polar surface area (TPSA) is 54.5 Å². The van der Waals surface area contributed by atoms with E-state index in [1.807, 2.05) is 0 Å². The smallest absolute Gasteiger partial charge is 0.307 e. The first-order chi connectivity index (χ1) is 8.77. The molecule has 1 aromatic rings. The average molecular weight is 371 g/mol. The van der Waals surface area contributed by atoms with Gasteiger partial charge in [-0.05, 0) is 33.6 Å². The summed E-state index contributed by atoms with van der Waals surface area (Å²) in [5.74, 6) is -0.370. The normalized spacial score (nSPS) is 20.1. The first-order valence-corrected chi connectivity index (χ1v) is 8.04. The quantitative estimate of drug-likeness (QED) is 0.768. The average Bonchev–Trinajstić information content (AvgIpc) is 2.65. The Morgan fingerprint density at radius 2 is 2.16 bits per heavy atom. The van der Waals surface area contributed by atoms with E-state index in [9.17, 15) is 17.1 Å². The second kappa shape index (κ2) is 5.38. The Morgan fingerprint density at radius 3 is 2.68 bits per heavy atom. The molecular weight excluding hydrogens is 361 g/mol. The molecule has 0 radical (unpaired) electrons. The molecule has 0 bridgehead atoms. The second-order valence-corrected chi connectivity index (χ2v) is 7.20. The van der Waals surface area contributed by atoms with Crippen molar-refractivity contribution >= 4 is 43.7 Å². The van der Waals surface area contributed by atoms with Gasteiger partial charge in [-0.1, -0.05) is 17.7 Å². The Morgan fingerprint density at radius 1 is 1.47 bits per heavy atom. The first-order valence-electron chi connectivity index (χ1n) is 5.42. The summed E-state index contributed by atoms with van der Waals surface area (Å²) in [6, 6.07) is 5.18. The highest BCUT2D eigenvalue weighted by Crippen LogP contribution is 2.26. The van der Waals surface area contributed by atoms with Crippen LogP contribution in [0.4, 0.5) is 3.89 Å². The zero-order valence-electron chi connectivity index (χ0n) is 9.64. The zero-order chi connectivity index (χ0) is 14.2. The van der Waals surface area contributed by atoms with E-state index in [0.29, 0.717) is 5.02 Å². The predicted octanol–water partition coefficient (Wildman–Crippen LogP) is 2.50. The number of hydrogen-bond donors (Lipinski definition) is 0. The van der Waals surface area contributed by atoms with Crippen molar-refractivity contribution in [1.29, 1.82) is 0 Å². The van der Waals surface area contributed by atoms with Gasteiger partial charge < -0.3 is 4.90 Å². The molecule has 1 aliphatic heterocycles. The molecule has 1 atom stereocenters. The van der Waals surface area contributed by atoms with Crippen LogP contribution in [0.2, 0.25) is 5.02 Å². The lowest BCUT2D eigenvalue weighted by molar-refractivity contribution is -0.128. The molecule has 1 amide bonds. The molecule has 0 N–H and O–H groups in total. The van der Waals surface area contributed by atoms with Crippen LogP contribution >= 0.6 is 27.5 Å². The molecule has 0 spiro atoms. The SMILES string of the molecule is O=C1CC(S(=O)(=O)F)CN1Cc1ccc(Br)c(Cl)c1. The number of halogens is 3. The fourth-order valence-electron chi connectivity index (χ4n) is 1.94. The number of nitrogens with zero attached hydrogens (tertiary/aromatic N) is 1. The van der Waals surface area contributed by atoms with Gasteiger partial charge in [-0.3, -0.25) is 4.79 Å². The summed E-state index contributed by atoms with van der Waals surface area (Å²) in [6.07, 6.45) is -0.302. The lowest BCUT2D eigenvalue weighted by atomic mass is 10.2. The Labute approximate surface area is 123 Å². The molecule has 0 aromatic heterocycles. The molecule has 1 aliphatic rings. The molecule has 0 aliphatic carbocycles. The maximum atomic E-state index is 12.9.